The summed E-state index contributed by atoms with van der Waals surface area (Å²) in [6.07, 6.45) is 4.93. The van der Waals surface area contributed by atoms with E-state index in [9.17, 15) is 34.8 Å². The molecule has 3 N–H and O–H groups in total. The van der Waals surface area contributed by atoms with Gasteiger partial charge in [0.2, 0.25) is 0 Å². The summed E-state index contributed by atoms with van der Waals surface area (Å²) in [5, 5.41) is 4.25. The van der Waals surface area contributed by atoms with E-state index in [0.717, 1.165) is 24.1 Å². The standard InChI is InChI=1S/C45H49ClF3N7O7S2/c1-44(2)25-38(29-4-6-32(46)7-5-29)31(28-62-44)27-55-18-20-56(21-19-55)34-8-10-37(40(23-34)63-35-22-30-12-15-50-42(30)51-26-35)43(57)53-65(60,61)36-9-11-39(52-33-13-16-54(3)17-14-33)41(24-36)64(58,59)45(47,48)49/h4-12,15,22-24,26,33,52H,13-14,16-21,25,27-28H2,1-3H3,(H,50,51)(H,53,57). The Bertz CT molecular complexity index is 2840. The van der Waals surface area contributed by atoms with Crippen molar-refractivity contribution in [3.63, 3.8) is 0 Å². The second kappa shape index (κ2) is 18.2. The highest BCUT2D eigenvalue weighted by Gasteiger charge is 2.48. The number of hydrogen-bond donors (Lipinski definition) is 3. The number of likely N-dealkylation sites (tertiary alicyclic amines) is 1. The number of nitrogens with zero attached hydrogens (tertiary/aromatic N) is 4. The van der Waals surface area contributed by atoms with Crippen LogP contribution in [0.25, 0.3) is 16.6 Å². The summed E-state index contributed by atoms with van der Waals surface area (Å²) in [6, 6.07) is 18.0. The highest BCUT2D eigenvalue weighted by molar-refractivity contribution is 7.92. The number of amides is 1. The number of fused-ring (bicyclic) bond motifs is 1. The number of H-pyrrole nitrogens is 1. The molecule has 346 valence electrons. The van der Waals surface area contributed by atoms with E-state index in [2.05, 4.69) is 38.9 Å². The normalized spacial score (nSPS) is 18.2. The van der Waals surface area contributed by atoms with Crippen LogP contribution >= 0.6 is 11.6 Å². The van der Waals surface area contributed by atoms with Crippen molar-refractivity contribution in [1.82, 2.24) is 24.5 Å². The summed E-state index contributed by atoms with van der Waals surface area (Å²) in [4.78, 5) is 25.7. The van der Waals surface area contributed by atoms with Crippen molar-refractivity contribution < 1.29 is 44.3 Å². The molecule has 2 saturated heterocycles. The molecule has 3 aliphatic heterocycles. The summed E-state index contributed by atoms with van der Waals surface area (Å²) < 4.78 is 110. The predicted octanol–water partition coefficient (Wildman–Crippen LogP) is 7.70. The molecule has 20 heteroatoms. The molecule has 0 spiro atoms. The number of piperidine rings is 1. The van der Waals surface area contributed by atoms with Gasteiger partial charge in [-0.1, -0.05) is 23.7 Å². The maximum absolute atomic E-state index is 14.0. The Labute approximate surface area is 380 Å². The van der Waals surface area contributed by atoms with Crippen LogP contribution in [0.2, 0.25) is 5.02 Å². The zero-order valence-corrected chi connectivity index (χ0v) is 38.3. The van der Waals surface area contributed by atoms with Crippen LogP contribution < -0.4 is 19.7 Å². The average Bonchev–Trinajstić information content (AvgIpc) is 3.73. The zero-order valence-electron chi connectivity index (χ0n) is 35.9. The number of anilines is 2. The minimum Gasteiger partial charge on any atom is -0.455 e. The number of piperazine rings is 1. The minimum atomic E-state index is -6.03. The monoisotopic (exact) mass is 955 g/mol. The largest absolute Gasteiger partial charge is 0.501 e. The topological polar surface area (TPSA) is 166 Å². The molecule has 3 aromatic carbocycles. The number of pyridine rings is 1. The molecule has 5 heterocycles. The molecular weight excluding hydrogens is 907 g/mol. The first-order chi connectivity index (χ1) is 30.7. The fourth-order valence-corrected chi connectivity index (χ4v) is 10.5. The summed E-state index contributed by atoms with van der Waals surface area (Å²) in [6.45, 7) is 9.24. The van der Waals surface area contributed by atoms with Crippen LogP contribution in [0.3, 0.4) is 0 Å². The second-order valence-electron chi connectivity index (χ2n) is 17.2. The third-order valence-corrected chi connectivity index (χ3v) is 15.1. The maximum Gasteiger partial charge on any atom is 0.501 e. The van der Waals surface area contributed by atoms with Crippen LogP contribution in [0.15, 0.2) is 101 Å². The average molecular weight is 957 g/mol. The lowest BCUT2D eigenvalue weighted by Crippen LogP contribution is -2.47. The predicted molar refractivity (Wildman–Crippen MR) is 243 cm³/mol. The molecule has 65 heavy (non-hydrogen) atoms. The van der Waals surface area contributed by atoms with Gasteiger partial charge in [0, 0.05) is 73.5 Å². The van der Waals surface area contributed by atoms with E-state index in [1.807, 2.05) is 40.9 Å². The number of alkyl halides is 3. The Balaban J connectivity index is 1.04. The van der Waals surface area contributed by atoms with Crippen LogP contribution in [0.4, 0.5) is 24.5 Å². The molecule has 0 radical (unpaired) electrons. The first kappa shape index (κ1) is 46.4. The zero-order chi connectivity index (χ0) is 46.3. The summed E-state index contributed by atoms with van der Waals surface area (Å²) >= 11 is 6.20. The molecule has 3 aliphatic rings. The number of sulfone groups is 1. The van der Waals surface area contributed by atoms with E-state index in [1.165, 1.54) is 23.4 Å². The van der Waals surface area contributed by atoms with Gasteiger partial charge < -0.3 is 29.6 Å². The number of nitrogens with one attached hydrogen (secondary N) is 3. The molecule has 1 amide bonds. The van der Waals surface area contributed by atoms with Crippen LogP contribution in [0.5, 0.6) is 11.5 Å². The van der Waals surface area contributed by atoms with E-state index in [1.54, 1.807) is 30.5 Å². The third-order valence-electron chi connectivity index (χ3n) is 12.0. The number of benzene rings is 3. The number of carbonyl (C=O) groups is 1. The Morgan fingerprint density at radius 1 is 0.954 bits per heavy atom. The van der Waals surface area contributed by atoms with E-state index >= 15 is 0 Å². The quantitative estimate of drug-likeness (QED) is 0.112. The van der Waals surface area contributed by atoms with Gasteiger partial charge in [-0.05, 0) is 118 Å². The summed E-state index contributed by atoms with van der Waals surface area (Å²) in [7, 11) is -9.09. The Hall–Kier alpha value is -5.18. The highest BCUT2D eigenvalue weighted by atomic mass is 35.5. The number of hydrogen-bond acceptors (Lipinski definition) is 12. The highest BCUT2D eigenvalue weighted by Crippen LogP contribution is 2.39. The fraction of sp³-hybridized carbons (Fsp3) is 0.378. The van der Waals surface area contributed by atoms with Gasteiger partial charge >= 0.3 is 5.51 Å². The number of sulfonamides is 1. The maximum atomic E-state index is 14.0. The van der Waals surface area contributed by atoms with Crippen molar-refractivity contribution in [2.24, 2.45) is 0 Å². The van der Waals surface area contributed by atoms with Crippen molar-refractivity contribution in [1.29, 1.82) is 0 Å². The molecule has 0 atom stereocenters. The van der Waals surface area contributed by atoms with E-state index in [-0.39, 0.29) is 28.7 Å². The van der Waals surface area contributed by atoms with Crippen molar-refractivity contribution in [3.8, 4) is 11.5 Å². The number of aromatic amines is 1. The number of halogens is 4. The van der Waals surface area contributed by atoms with Crippen LogP contribution in [-0.4, -0.2) is 119 Å². The van der Waals surface area contributed by atoms with Gasteiger partial charge in [-0.25, -0.2) is 26.5 Å². The number of rotatable bonds is 12. The SMILES string of the molecule is CN1CCC(Nc2ccc(S(=O)(=O)NC(=O)c3ccc(N4CCN(CC5=C(c6ccc(Cl)cc6)CC(C)(C)OC5)CC4)cc3Oc3cnc4[nH]ccc4c3)cc2S(=O)(=O)C(F)(F)F)CC1. The first-order valence-electron chi connectivity index (χ1n) is 21.1. The Morgan fingerprint density at radius 3 is 2.38 bits per heavy atom. The van der Waals surface area contributed by atoms with Gasteiger partial charge in [0.05, 0.1) is 34.6 Å². The Kier molecular flexibility index (Phi) is 13.0. The molecule has 2 fully saturated rings. The molecule has 8 rings (SSSR count). The molecule has 0 aliphatic carbocycles. The molecule has 0 bridgehead atoms. The lowest BCUT2D eigenvalue weighted by Gasteiger charge is -2.39. The van der Waals surface area contributed by atoms with Crippen molar-refractivity contribution >= 4 is 65.3 Å². The van der Waals surface area contributed by atoms with Gasteiger partial charge in [0.1, 0.15) is 22.0 Å². The van der Waals surface area contributed by atoms with Gasteiger partial charge in [0.15, 0.2) is 0 Å². The molecule has 5 aromatic rings. The van der Waals surface area contributed by atoms with Crippen molar-refractivity contribution in [3.05, 3.63) is 107 Å². The second-order valence-corrected chi connectivity index (χ2v) is 21.2. The van der Waals surface area contributed by atoms with Gasteiger partial charge in [-0.2, -0.15) is 13.2 Å². The van der Waals surface area contributed by atoms with Crippen molar-refractivity contribution in [2.45, 2.75) is 60.1 Å². The number of carbonyl (C=O) groups excluding carboxylic acids is 1. The molecule has 0 saturated carbocycles. The fourth-order valence-electron chi connectivity index (χ4n) is 8.33. The summed E-state index contributed by atoms with van der Waals surface area (Å²) in [5.41, 5.74) is -1.82. The molecule has 14 nitrogen and oxygen atoms in total. The van der Waals surface area contributed by atoms with E-state index in [4.69, 9.17) is 21.1 Å². The summed E-state index contributed by atoms with van der Waals surface area (Å²) in [5.74, 6) is -0.941. The first-order valence-corrected chi connectivity index (χ1v) is 24.4. The third kappa shape index (κ3) is 10.4. The van der Waals surface area contributed by atoms with E-state index < -0.39 is 46.8 Å². The van der Waals surface area contributed by atoms with E-state index in [0.29, 0.717) is 93.1 Å². The molecular formula is C45H49ClF3N7O7S2. The van der Waals surface area contributed by atoms with Gasteiger partial charge in [-0.3, -0.25) is 9.69 Å². The lowest BCUT2D eigenvalue weighted by atomic mass is 9.87. The van der Waals surface area contributed by atoms with Crippen LogP contribution in [0.1, 0.15) is 49.0 Å². The smallest absolute Gasteiger partial charge is 0.455 e. The molecule has 2 aromatic heterocycles. The lowest BCUT2D eigenvalue weighted by molar-refractivity contribution is -0.0436. The Morgan fingerprint density at radius 2 is 1.68 bits per heavy atom. The van der Waals surface area contributed by atoms with Gasteiger partial charge in [-0.15, -0.1) is 0 Å². The van der Waals surface area contributed by atoms with Gasteiger partial charge in [0.25, 0.3) is 25.8 Å². The number of ether oxygens (including phenoxy) is 2. The minimum absolute atomic E-state index is 0.0212. The molecule has 0 unspecified atom stereocenters. The van der Waals surface area contributed by atoms with Crippen molar-refractivity contribution in [2.75, 3.05) is 69.7 Å². The van der Waals surface area contributed by atoms with Crippen LogP contribution in [0, 0.1) is 0 Å². The van der Waals surface area contributed by atoms with Crippen LogP contribution in [-0.2, 0) is 24.6 Å². The number of aromatic nitrogens is 2.